The van der Waals surface area contributed by atoms with E-state index in [0.717, 1.165) is 18.2 Å². The number of alkyl halides is 6. The monoisotopic (exact) mass is 405 g/mol. The molecule has 0 atom stereocenters. The zero-order valence-electron chi connectivity index (χ0n) is 13.6. The molecule has 0 N–H and O–H groups in total. The van der Waals surface area contributed by atoms with E-state index >= 15 is 0 Å². The van der Waals surface area contributed by atoms with Gasteiger partial charge in [-0.15, -0.1) is 13.2 Å². The minimum atomic E-state index is -4.81. The maximum Gasteiger partial charge on any atom is 0.573 e. The normalized spacial score (nSPS) is 12.2. The summed E-state index contributed by atoms with van der Waals surface area (Å²) in [6.07, 6.45) is -8.32. The van der Waals surface area contributed by atoms with Crippen molar-refractivity contribution in [3.05, 3.63) is 64.4 Å². The van der Waals surface area contributed by atoms with Crippen molar-refractivity contribution in [2.45, 2.75) is 19.1 Å². The van der Waals surface area contributed by atoms with Crippen molar-refractivity contribution >= 4 is 0 Å². The summed E-state index contributed by atoms with van der Waals surface area (Å²) in [5, 5.41) is 3.19. The molecule has 0 aliphatic carbocycles. The van der Waals surface area contributed by atoms with E-state index < -0.39 is 35.6 Å². The molecule has 2 aromatic heterocycles. The zero-order chi connectivity index (χ0) is 20.5. The standard InChI is InChI=1S/C16H9F6N3O3/c17-15(18,19)14-23-13(24-28-14)10-5-6-25(12(26)7-10)8-9-1-3-11(4-2-9)27-16(20,21)22/h1-7H,8H2. The Morgan fingerprint density at radius 1 is 1.04 bits per heavy atom. The van der Waals surface area contributed by atoms with E-state index in [1.807, 2.05) is 0 Å². The van der Waals surface area contributed by atoms with Gasteiger partial charge in [0.15, 0.2) is 0 Å². The molecule has 2 heterocycles. The Morgan fingerprint density at radius 3 is 2.25 bits per heavy atom. The maximum atomic E-state index is 12.5. The molecule has 0 spiro atoms. The number of hydrogen-bond donors (Lipinski definition) is 0. The van der Waals surface area contributed by atoms with Crippen molar-refractivity contribution in [3.8, 4) is 17.1 Å². The van der Waals surface area contributed by atoms with Crippen LogP contribution in [0.5, 0.6) is 5.75 Å². The van der Waals surface area contributed by atoms with Crippen LogP contribution in [0.15, 0.2) is 51.9 Å². The first-order valence-electron chi connectivity index (χ1n) is 7.48. The van der Waals surface area contributed by atoms with Gasteiger partial charge in [0.05, 0.1) is 6.54 Å². The molecule has 0 amide bonds. The second kappa shape index (κ2) is 7.02. The lowest BCUT2D eigenvalue weighted by Gasteiger charge is -2.10. The number of pyridine rings is 1. The lowest BCUT2D eigenvalue weighted by Crippen LogP contribution is -2.19. The van der Waals surface area contributed by atoms with Gasteiger partial charge in [-0.1, -0.05) is 17.3 Å². The fraction of sp³-hybridized carbons (Fsp3) is 0.188. The summed E-state index contributed by atoms with van der Waals surface area (Å²) in [6.45, 7) is 0.0193. The maximum absolute atomic E-state index is 12.5. The van der Waals surface area contributed by atoms with E-state index in [2.05, 4.69) is 19.4 Å². The van der Waals surface area contributed by atoms with Crippen LogP contribution in [-0.4, -0.2) is 21.1 Å². The van der Waals surface area contributed by atoms with Crippen molar-refractivity contribution in [1.82, 2.24) is 14.7 Å². The summed E-state index contributed by atoms with van der Waals surface area (Å²) in [4.78, 5) is 15.3. The number of ether oxygens (including phenoxy) is 1. The molecule has 1 aromatic carbocycles. The Hall–Kier alpha value is -3.31. The third-order valence-corrected chi connectivity index (χ3v) is 3.43. The van der Waals surface area contributed by atoms with Gasteiger partial charge in [-0.25, -0.2) is 0 Å². The van der Waals surface area contributed by atoms with Gasteiger partial charge in [0.2, 0.25) is 5.82 Å². The van der Waals surface area contributed by atoms with Crippen LogP contribution < -0.4 is 10.3 Å². The summed E-state index contributed by atoms with van der Waals surface area (Å²) in [6, 6.07) is 7.21. The van der Waals surface area contributed by atoms with Crippen LogP contribution in [0.1, 0.15) is 11.5 Å². The molecule has 12 heteroatoms. The first-order chi connectivity index (χ1) is 13.0. The summed E-state index contributed by atoms with van der Waals surface area (Å²) in [5.74, 6) is -2.34. The molecule has 6 nitrogen and oxygen atoms in total. The van der Waals surface area contributed by atoms with Crippen LogP contribution in [0.25, 0.3) is 11.4 Å². The molecule has 3 aromatic rings. The predicted octanol–water partition coefficient (Wildman–Crippen LogP) is 3.86. The molecule has 0 aliphatic heterocycles. The van der Waals surface area contributed by atoms with Crippen molar-refractivity contribution in [1.29, 1.82) is 0 Å². The highest BCUT2D eigenvalue weighted by Crippen LogP contribution is 2.29. The highest BCUT2D eigenvalue weighted by atomic mass is 19.4. The largest absolute Gasteiger partial charge is 0.573 e. The van der Waals surface area contributed by atoms with E-state index in [0.29, 0.717) is 5.56 Å². The minimum absolute atomic E-state index is 0.0193. The van der Waals surface area contributed by atoms with Gasteiger partial charge in [-0.05, 0) is 23.8 Å². The third kappa shape index (κ3) is 4.69. The lowest BCUT2D eigenvalue weighted by atomic mass is 10.2. The average Bonchev–Trinajstić information content (AvgIpc) is 3.07. The molecule has 0 radical (unpaired) electrons. The number of hydrogen-bond acceptors (Lipinski definition) is 5. The summed E-state index contributed by atoms with van der Waals surface area (Å²) in [7, 11) is 0. The Bertz CT molecular complexity index is 1020. The van der Waals surface area contributed by atoms with Gasteiger partial charge in [0.25, 0.3) is 5.56 Å². The van der Waals surface area contributed by atoms with E-state index in [4.69, 9.17) is 0 Å². The number of aromatic nitrogens is 3. The van der Waals surface area contributed by atoms with E-state index in [-0.39, 0.29) is 12.1 Å². The molecule has 0 aliphatic rings. The van der Waals surface area contributed by atoms with Crippen LogP contribution in [0.4, 0.5) is 26.3 Å². The average molecular weight is 405 g/mol. The third-order valence-electron chi connectivity index (χ3n) is 3.43. The molecular weight excluding hydrogens is 396 g/mol. The molecule has 0 saturated carbocycles. The predicted molar refractivity (Wildman–Crippen MR) is 81.2 cm³/mol. The molecule has 0 saturated heterocycles. The summed E-state index contributed by atoms with van der Waals surface area (Å²) in [5.41, 5.74) is -0.0517. The van der Waals surface area contributed by atoms with Gasteiger partial charge in [-0.2, -0.15) is 18.2 Å². The first-order valence-corrected chi connectivity index (χ1v) is 7.48. The highest BCUT2D eigenvalue weighted by molar-refractivity contribution is 5.52. The van der Waals surface area contributed by atoms with Gasteiger partial charge in [0, 0.05) is 17.8 Å². The fourth-order valence-corrected chi connectivity index (χ4v) is 2.23. The summed E-state index contributed by atoms with van der Waals surface area (Å²) < 4.78 is 82.9. The quantitative estimate of drug-likeness (QED) is 0.617. The van der Waals surface area contributed by atoms with Crippen LogP contribution in [0.3, 0.4) is 0 Å². The van der Waals surface area contributed by atoms with Crippen molar-refractivity contribution in [3.63, 3.8) is 0 Å². The van der Waals surface area contributed by atoms with Crippen molar-refractivity contribution < 1.29 is 35.6 Å². The molecule has 148 valence electrons. The van der Waals surface area contributed by atoms with Crippen molar-refractivity contribution in [2.24, 2.45) is 0 Å². The van der Waals surface area contributed by atoms with Crippen LogP contribution in [0, 0.1) is 0 Å². The van der Waals surface area contributed by atoms with Gasteiger partial charge < -0.3 is 13.8 Å². The summed E-state index contributed by atoms with van der Waals surface area (Å²) >= 11 is 0. The van der Waals surface area contributed by atoms with Gasteiger partial charge in [0.1, 0.15) is 5.75 Å². The van der Waals surface area contributed by atoms with E-state index in [9.17, 15) is 31.1 Å². The van der Waals surface area contributed by atoms with Gasteiger partial charge in [-0.3, -0.25) is 4.79 Å². The van der Waals surface area contributed by atoms with Crippen LogP contribution in [-0.2, 0) is 12.7 Å². The number of rotatable bonds is 4. The molecule has 3 rings (SSSR count). The Balaban J connectivity index is 1.76. The van der Waals surface area contributed by atoms with E-state index in [1.165, 1.54) is 29.0 Å². The first kappa shape index (κ1) is 19.5. The number of nitrogens with zero attached hydrogens (tertiary/aromatic N) is 3. The number of benzene rings is 1. The Labute approximate surface area is 152 Å². The second-order valence-corrected chi connectivity index (χ2v) is 5.49. The smallest absolute Gasteiger partial charge is 0.406 e. The molecule has 0 unspecified atom stereocenters. The van der Waals surface area contributed by atoms with Crippen LogP contribution in [0.2, 0.25) is 0 Å². The Kier molecular flexibility index (Phi) is 4.87. The molecule has 0 fully saturated rings. The highest BCUT2D eigenvalue weighted by Gasteiger charge is 2.38. The zero-order valence-corrected chi connectivity index (χ0v) is 13.6. The molecular formula is C16H9F6N3O3. The fourth-order valence-electron chi connectivity index (χ4n) is 2.23. The number of halogens is 6. The van der Waals surface area contributed by atoms with E-state index in [1.54, 1.807) is 0 Å². The van der Waals surface area contributed by atoms with Crippen LogP contribution >= 0.6 is 0 Å². The Morgan fingerprint density at radius 2 is 1.71 bits per heavy atom. The molecule has 28 heavy (non-hydrogen) atoms. The van der Waals surface area contributed by atoms with Gasteiger partial charge >= 0.3 is 18.4 Å². The topological polar surface area (TPSA) is 70.2 Å². The lowest BCUT2D eigenvalue weighted by molar-refractivity contribution is -0.274. The second-order valence-electron chi connectivity index (χ2n) is 5.49. The SMILES string of the molecule is O=c1cc(-c2noc(C(F)(F)F)n2)ccn1Cc1ccc(OC(F)(F)F)cc1. The molecule has 0 bridgehead atoms. The minimum Gasteiger partial charge on any atom is -0.406 e. The van der Waals surface area contributed by atoms with Crippen molar-refractivity contribution in [2.75, 3.05) is 0 Å².